The van der Waals surface area contributed by atoms with E-state index in [0.29, 0.717) is 22.0 Å². The number of halogens is 1. The average Bonchev–Trinajstić information content (AvgIpc) is 3.38. The quantitative estimate of drug-likeness (QED) is 0.540. The number of fused-ring (bicyclic) bond motifs is 2. The minimum absolute atomic E-state index is 0.0404. The van der Waals surface area contributed by atoms with Gasteiger partial charge in [0.2, 0.25) is 0 Å². The summed E-state index contributed by atoms with van der Waals surface area (Å²) in [4.78, 5) is 16.0. The third-order valence-corrected chi connectivity index (χ3v) is 7.16. The molecule has 1 aliphatic heterocycles. The highest BCUT2D eigenvalue weighted by atomic mass is 35.5. The van der Waals surface area contributed by atoms with Gasteiger partial charge in [-0.15, -0.1) is 5.10 Å². The molecule has 2 aromatic carbocycles. The maximum absolute atomic E-state index is 13.9. The van der Waals surface area contributed by atoms with Crippen molar-refractivity contribution in [3.05, 3.63) is 53.3 Å². The van der Waals surface area contributed by atoms with Crippen LogP contribution in [0.15, 0.2) is 42.7 Å². The Labute approximate surface area is 198 Å². The van der Waals surface area contributed by atoms with Crippen LogP contribution in [0.5, 0.6) is 5.75 Å². The van der Waals surface area contributed by atoms with Crippen molar-refractivity contribution in [3.63, 3.8) is 0 Å². The number of nitrogens with zero attached hydrogens (tertiary/aromatic N) is 5. The Bertz CT molecular complexity index is 1210. The van der Waals surface area contributed by atoms with Gasteiger partial charge in [0.25, 0.3) is 5.91 Å². The van der Waals surface area contributed by atoms with Crippen molar-refractivity contribution < 1.29 is 9.53 Å². The second-order valence-electron chi connectivity index (χ2n) is 10.5. The number of amides is 1. The van der Waals surface area contributed by atoms with E-state index in [-0.39, 0.29) is 22.8 Å². The van der Waals surface area contributed by atoms with Crippen LogP contribution in [0.4, 0.5) is 0 Å². The standard InChI is InChI=1S/C25H28ClN5O2/c1-24(2)11-20-12-25(3,13-24)14-30(20)23(32)17-7-16(8-19(9-17)31-15-27-28-29-31)21-10-18(26)5-6-22(21)33-4/h5-10,15,20H,11-14H2,1-4H3/t20-,25+/m0/s1. The normalized spacial score (nSPS) is 23.5. The minimum atomic E-state index is 0.0404. The third kappa shape index (κ3) is 4.10. The summed E-state index contributed by atoms with van der Waals surface area (Å²) in [6, 6.07) is 11.4. The molecule has 5 rings (SSSR count). The molecule has 2 bridgehead atoms. The highest BCUT2D eigenvalue weighted by Crippen LogP contribution is 2.52. The number of benzene rings is 2. The van der Waals surface area contributed by atoms with E-state index in [1.807, 2.05) is 30.3 Å². The Hall–Kier alpha value is -2.93. The SMILES string of the molecule is COc1ccc(Cl)cc1-c1cc(C(=O)N2C[C@]3(C)C[C@@H]2CC(C)(C)C3)cc(-n2cnnn2)c1. The lowest BCUT2D eigenvalue weighted by Gasteiger charge is -2.39. The summed E-state index contributed by atoms with van der Waals surface area (Å²) in [5.41, 5.74) is 3.33. The summed E-state index contributed by atoms with van der Waals surface area (Å²) in [5.74, 6) is 0.719. The fourth-order valence-electron chi connectivity index (χ4n) is 6.07. The smallest absolute Gasteiger partial charge is 0.254 e. The second-order valence-corrected chi connectivity index (χ2v) is 11.0. The van der Waals surface area contributed by atoms with Crippen LogP contribution in [-0.2, 0) is 0 Å². The predicted molar refractivity (Wildman–Crippen MR) is 127 cm³/mol. The molecule has 0 unspecified atom stereocenters. The van der Waals surface area contributed by atoms with Crippen LogP contribution in [0.3, 0.4) is 0 Å². The Morgan fingerprint density at radius 1 is 1.15 bits per heavy atom. The van der Waals surface area contributed by atoms with Crippen molar-refractivity contribution >= 4 is 17.5 Å². The molecule has 0 spiro atoms. The van der Waals surface area contributed by atoms with Gasteiger partial charge in [-0.05, 0) is 82.5 Å². The van der Waals surface area contributed by atoms with E-state index in [1.54, 1.807) is 17.9 Å². The molecule has 1 saturated heterocycles. The van der Waals surface area contributed by atoms with Crippen molar-refractivity contribution in [2.24, 2.45) is 10.8 Å². The maximum atomic E-state index is 13.9. The zero-order valence-corrected chi connectivity index (χ0v) is 20.1. The van der Waals surface area contributed by atoms with Gasteiger partial charge >= 0.3 is 0 Å². The second kappa shape index (κ2) is 7.83. The summed E-state index contributed by atoms with van der Waals surface area (Å²) in [6.07, 6.45) is 4.74. The van der Waals surface area contributed by atoms with Crippen molar-refractivity contribution in [2.45, 2.75) is 46.1 Å². The molecule has 1 aromatic heterocycles. The van der Waals surface area contributed by atoms with Gasteiger partial charge in [0.05, 0.1) is 12.8 Å². The number of hydrogen-bond acceptors (Lipinski definition) is 5. The molecule has 7 nitrogen and oxygen atoms in total. The lowest BCUT2D eigenvalue weighted by Crippen LogP contribution is -2.37. The Balaban J connectivity index is 1.60. The fourth-order valence-corrected chi connectivity index (χ4v) is 6.24. The number of ether oxygens (including phenoxy) is 1. The Kier molecular flexibility index (Phi) is 5.20. The topological polar surface area (TPSA) is 73.1 Å². The van der Waals surface area contributed by atoms with Gasteiger partial charge in [0.1, 0.15) is 12.1 Å². The molecule has 8 heteroatoms. The largest absolute Gasteiger partial charge is 0.496 e. The zero-order chi connectivity index (χ0) is 23.4. The summed E-state index contributed by atoms with van der Waals surface area (Å²) in [6.45, 7) is 7.72. The lowest BCUT2D eigenvalue weighted by molar-refractivity contribution is 0.0708. The maximum Gasteiger partial charge on any atom is 0.254 e. The number of hydrogen-bond donors (Lipinski definition) is 0. The van der Waals surface area contributed by atoms with Crippen LogP contribution in [0.2, 0.25) is 5.02 Å². The van der Waals surface area contributed by atoms with Gasteiger partial charge in [-0.3, -0.25) is 4.79 Å². The van der Waals surface area contributed by atoms with Gasteiger partial charge in [0, 0.05) is 28.7 Å². The molecule has 2 fully saturated rings. The van der Waals surface area contributed by atoms with Crippen molar-refractivity contribution in [1.82, 2.24) is 25.1 Å². The van der Waals surface area contributed by atoms with Crippen LogP contribution >= 0.6 is 11.6 Å². The molecule has 1 aliphatic carbocycles. The molecule has 1 amide bonds. The first-order valence-electron chi connectivity index (χ1n) is 11.2. The molecule has 2 heterocycles. The predicted octanol–water partition coefficient (Wildman–Crippen LogP) is 5.03. The van der Waals surface area contributed by atoms with E-state index in [0.717, 1.165) is 36.9 Å². The van der Waals surface area contributed by atoms with Crippen LogP contribution in [0.1, 0.15) is 50.4 Å². The number of rotatable bonds is 4. The number of methoxy groups -OCH3 is 1. The minimum Gasteiger partial charge on any atom is -0.496 e. The molecule has 0 N–H and O–H groups in total. The molecule has 0 radical (unpaired) electrons. The molecular weight excluding hydrogens is 438 g/mol. The van der Waals surface area contributed by atoms with E-state index in [9.17, 15) is 4.79 Å². The Morgan fingerprint density at radius 3 is 2.70 bits per heavy atom. The highest BCUT2D eigenvalue weighted by molar-refractivity contribution is 6.31. The highest BCUT2D eigenvalue weighted by Gasteiger charge is 2.51. The molecule has 1 saturated carbocycles. The zero-order valence-electron chi connectivity index (χ0n) is 19.4. The Morgan fingerprint density at radius 2 is 1.97 bits per heavy atom. The number of carbonyl (C=O) groups is 1. The number of aromatic nitrogens is 4. The van der Waals surface area contributed by atoms with Crippen LogP contribution in [-0.4, -0.2) is 50.7 Å². The van der Waals surface area contributed by atoms with E-state index >= 15 is 0 Å². The lowest BCUT2D eigenvalue weighted by atomic mass is 9.65. The van der Waals surface area contributed by atoms with Crippen LogP contribution in [0, 0.1) is 10.8 Å². The van der Waals surface area contributed by atoms with E-state index < -0.39 is 0 Å². The summed E-state index contributed by atoms with van der Waals surface area (Å²) >= 11 is 6.30. The van der Waals surface area contributed by atoms with Gasteiger partial charge < -0.3 is 9.64 Å². The van der Waals surface area contributed by atoms with Gasteiger partial charge in [0.15, 0.2) is 0 Å². The monoisotopic (exact) mass is 465 g/mol. The summed E-state index contributed by atoms with van der Waals surface area (Å²) in [7, 11) is 1.62. The van der Waals surface area contributed by atoms with Crippen molar-refractivity contribution in [1.29, 1.82) is 0 Å². The van der Waals surface area contributed by atoms with Crippen LogP contribution in [0.25, 0.3) is 16.8 Å². The van der Waals surface area contributed by atoms with Crippen molar-refractivity contribution in [2.75, 3.05) is 13.7 Å². The van der Waals surface area contributed by atoms with Crippen molar-refractivity contribution in [3.8, 4) is 22.6 Å². The van der Waals surface area contributed by atoms with E-state index in [4.69, 9.17) is 16.3 Å². The number of likely N-dealkylation sites (tertiary alicyclic amines) is 1. The molecule has 33 heavy (non-hydrogen) atoms. The fraction of sp³-hybridized carbons (Fsp3) is 0.440. The number of tetrazole rings is 1. The first-order chi connectivity index (χ1) is 15.7. The third-order valence-electron chi connectivity index (χ3n) is 6.93. The first-order valence-corrected chi connectivity index (χ1v) is 11.6. The average molecular weight is 466 g/mol. The summed E-state index contributed by atoms with van der Waals surface area (Å²) in [5, 5.41) is 12.1. The van der Waals surface area contributed by atoms with Crippen LogP contribution < -0.4 is 4.74 Å². The van der Waals surface area contributed by atoms with Gasteiger partial charge in [-0.1, -0.05) is 32.4 Å². The first kappa shape index (κ1) is 21.9. The molecule has 2 atom stereocenters. The molecule has 172 valence electrons. The molecular formula is C25H28ClN5O2. The number of carbonyl (C=O) groups excluding carboxylic acids is 1. The molecule has 3 aromatic rings. The van der Waals surface area contributed by atoms with E-state index in [2.05, 4.69) is 41.2 Å². The summed E-state index contributed by atoms with van der Waals surface area (Å²) < 4.78 is 7.14. The van der Waals surface area contributed by atoms with E-state index in [1.165, 1.54) is 6.33 Å². The van der Waals surface area contributed by atoms with Gasteiger partial charge in [-0.25, -0.2) is 4.68 Å². The molecule has 2 aliphatic rings. The van der Waals surface area contributed by atoms with Gasteiger partial charge in [-0.2, -0.15) is 0 Å².